The summed E-state index contributed by atoms with van der Waals surface area (Å²) in [5.74, 6) is -0.0165. The molecule has 8 heteroatoms. The second kappa shape index (κ2) is 9.87. The maximum absolute atomic E-state index is 12.7. The van der Waals surface area contributed by atoms with Crippen molar-refractivity contribution in [1.82, 2.24) is 14.9 Å². The van der Waals surface area contributed by atoms with Crippen molar-refractivity contribution in [3.05, 3.63) is 29.8 Å². The number of halogens is 1. The predicted molar refractivity (Wildman–Crippen MR) is 109 cm³/mol. The molecule has 0 radical (unpaired) electrons. The van der Waals surface area contributed by atoms with Crippen LogP contribution in [0.1, 0.15) is 44.6 Å². The number of nitrogens with zero attached hydrogens (tertiary/aromatic N) is 1. The van der Waals surface area contributed by atoms with Crippen LogP contribution in [0, 0.1) is 0 Å². The number of rotatable bonds is 5. The van der Waals surface area contributed by atoms with Gasteiger partial charge in [-0.05, 0) is 56.8 Å². The van der Waals surface area contributed by atoms with Gasteiger partial charge in [0.05, 0.1) is 11.3 Å². The third-order valence-electron chi connectivity index (χ3n) is 5.35. The van der Waals surface area contributed by atoms with Gasteiger partial charge in [0, 0.05) is 25.2 Å². The van der Waals surface area contributed by atoms with Crippen LogP contribution in [0.15, 0.2) is 29.2 Å². The van der Waals surface area contributed by atoms with Crippen LogP contribution in [-0.2, 0) is 21.2 Å². The standard InChI is InChI=1S/C19H29N3O3S.ClH/c1-15-18(6-5-11-20-15)21-19(23)14-16-7-9-17(10-8-16)26(24,25)22-12-3-2-4-13-22;/h7-10,15,18,20H,2-6,11-14H2,1H3,(H,21,23);1H. The number of amides is 1. The highest BCUT2D eigenvalue weighted by Crippen LogP contribution is 2.21. The van der Waals surface area contributed by atoms with Gasteiger partial charge in [-0.1, -0.05) is 18.6 Å². The van der Waals surface area contributed by atoms with E-state index in [0.29, 0.717) is 18.0 Å². The van der Waals surface area contributed by atoms with E-state index in [2.05, 4.69) is 17.6 Å². The summed E-state index contributed by atoms with van der Waals surface area (Å²) in [5.41, 5.74) is 0.830. The molecule has 0 aromatic heterocycles. The molecule has 2 fully saturated rings. The van der Waals surface area contributed by atoms with E-state index in [9.17, 15) is 13.2 Å². The molecule has 2 atom stereocenters. The first kappa shape index (κ1) is 22.1. The lowest BCUT2D eigenvalue weighted by Crippen LogP contribution is -2.52. The molecule has 1 aromatic carbocycles. The fourth-order valence-corrected chi connectivity index (χ4v) is 5.24. The summed E-state index contributed by atoms with van der Waals surface area (Å²) in [7, 11) is -3.41. The van der Waals surface area contributed by atoms with Crippen molar-refractivity contribution in [3.8, 4) is 0 Å². The molecular formula is C19H30ClN3O3S. The molecular weight excluding hydrogens is 386 g/mol. The predicted octanol–water partition coefficient (Wildman–Crippen LogP) is 2.08. The van der Waals surface area contributed by atoms with E-state index in [1.54, 1.807) is 28.6 Å². The van der Waals surface area contributed by atoms with Crippen LogP contribution in [0.5, 0.6) is 0 Å². The number of piperidine rings is 2. The van der Waals surface area contributed by atoms with Gasteiger partial charge in [0.2, 0.25) is 15.9 Å². The third kappa shape index (κ3) is 5.67. The van der Waals surface area contributed by atoms with E-state index in [1.807, 2.05) is 0 Å². The van der Waals surface area contributed by atoms with E-state index in [0.717, 1.165) is 44.2 Å². The van der Waals surface area contributed by atoms with Crippen molar-refractivity contribution in [2.24, 2.45) is 0 Å². The summed E-state index contributed by atoms with van der Waals surface area (Å²) in [6, 6.07) is 7.19. The van der Waals surface area contributed by atoms with E-state index in [4.69, 9.17) is 0 Å². The highest BCUT2D eigenvalue weighted by atomic mass is 35.5. The van der Waals surface area contributed by atoms with Crippen LogP contribution >= 0.6 is 12.4 Å². The Morgan fingerprint density at radius 1 is 1.15 bits per heavy atom. The average Bonchev–Trinajstić information content (AvgIpc) is 2.65. The van der Waals surface area contributed by atoms with Crippen LogP contribution in [0.25, 0.3) is 0 Å². The van der Waals surface area contributed by atoms with Crippen LogP contribution < -0.4 is 10.6 Å². The molecule has 2 aliphatic rings. The van der Waals surface area contributed by atoms with Crippen LogP contribution in [0.2, 0.25) is 0 Å². The Bertz CT molecular complexity index is 718. The van der Waals surface area contributed by atoms with Crippen molar-refractivity contribution in [2.45, 2.75) is 62.4 Å². The number of nitrogens with one attached hydrogen (secondary N) is 2. The van der Waals surface area contributed by atoms with Crippen LogP contribution in [0.3, 0.4) is 0 Å². The molecule has 0 saturated carbocycles. The molecule has 0 bridgehead atoms. The van der Waals surface area contributed by atoms with Crippen molar-refractivity contribution in [3.63, 3.8) is 0 Å². The minimum absolute atomic E-state index is 0. The lowest BCUT2D eigenvalue weighted by Gasteiger charge is -2.30. The summed E-state index contributed by atoms with van der Waals surface area (Å²) >= 11 is 0. The lowest BCUT2D eigenvalue weighted by molar-refractivity contribution is -0.121. The second-order valence-electron chi connectivity index (χ2n) is 7.34. The molecule has 3 rings (SSSR count). The Morgan fingerprint density at radius 3 is 2.44 bits per heavy atom. The molecule has 6 nitrogen and oxygen atoms in total. The Hall–Kier alpha value is -1.15. The number of hydrogen-bond donors (Lipinski definition) is 2. The first-order valence-electron chi connectivity index (χ1n) is 9.58. The van der Waals surface area contributed by atoms with Gasteiger partial charge in [-0.2, -0.15) is 4.31 Å². The molecule has 152 valence electrons. The number of sulfonamides is 1. The first-order valence-corrected chi connectivity index (χ1v) is 11.0. The molecule has 2 heterocycles. The summed E-state index contributed by atoms with van der Waals surface area (Å²) < 4.78 is 26.9. The first-order chi connectivity index (χ1) is 12.5. The van der Waals surface area contributed by atoms with Crippen molar-refractivity contribution >= 4 is 28.3 Å². The molecule has 1 aromatic rings. The second-order valence-corrected chi connectivity index (χ2v) is 9.28. The Balaban J connectivity index is 0.00000261. The molecule has 2 unspecified atom stereocenters. The van der Waals surface area contributed by atoms with Crippen molar-refractivity contribution in [2.75, 3.05) is 19.6 Å². The van der Waals surface area contributed by atoms with Gasteiger partial charge in [-0.25, -0.2) is 8.42 Å². The van der Waals surface area contributed by atoms with Crippen LogP contribution in [-0.4, -0.2) is 50.3 Å². The fraction of sp³-hybridized carbons (Fsp3) is 0.632. The van der Waals surface area contributed by atoms with Gasteiger partial charge < -0.3 is 10.6 Å². The molecule has 0 aliphatic carbocycles. The molecule has 2 N–H and O–H groups in total. The maximum Gasteiger partial charge on any atom is 0.243 e. The van der Waals surface area contributed by atoms with Crippen molar-refractivity contribution < 1.29 is 13.2 Å². The molecule has 2 saturated heterocycles. The van der Waals surface area contributed by atoms with Gasteiger partial charge in [0.15, 0.2) is 0 Å². The van der Waals surface area contributed by atoms with E-state index in [-0.39, 0.29) is 36.8 Å². The quantitative estimate of drug-likeness (QED) is 0.771. The zero-order valence-corrected chi connectivity index (χ0v) is 17.4. The smallest absolute Gasteiger partial charge is 0.243 e. The zero-order chi connectivity index (χ0) is 18.6. The maximum atomic E-state index is 12.7. The molecule has 2 aliphatic heterocycles. The van der Waals surface area contributed by atoms with Gasteiger partial charge in [-0.15, -0.1) is 12.4 Å². The van der Waals surface area contributed by atoms with E-state index < -0.39 is 10.0 Å². The average molecular weight is 416 g/mol. The third-order valence-corrected chi connectivity index (χ3v) is 7.26. The highest BCUT2D eigenvalue weighted by Gasteiger charge is 2.26. The topological polar surface area (TPSA) is 78.5 Å². The van der Waals surface area contributed by atoms with Gasteiger partial charge in [0.25, 0.3) is 0 Å². The van der Waals surface area contributed by atoms with Crippen LogP contribution in [0.4, 0.5) is 0 Å². The highest BCUT2D eigenvalue weighted by molar-refractivity contribution is 7.89. The zero-order valence-electron chi connectivity index (χ0n) is 15.8. The monoisotopic (exact) mass is 415 g/mol. The summed E-state index contributed by atoms with van der Waals surface area (Å²) in [5, 5.41) is 6.46. The van der Waals surface area contributed by atoms with Gasteiger partial charge >= 0.3 is 0 Å². The minimum atomic E-state index is -3.41. The Labute approximate surface area is 168 Å². The Morgan fingerprint density at radius 2 is 1.81 bits per heavy atom. The largest absolute Gasteiger partial charge is 0.352 e. The number of carbonyl (C=O) groups excluding carboxylic acids is 1. The number of benzene rings is 1. The summed E-state index contributed by atoms with van der Waals surface area (Å²) in [6.07, 6.45) is 5.27. The van der Waals surface area contributed by atoms with Crippen molar-refractivity contribution in [1.29, 1.82) is 0 Å². The number of hydrogen-bond acceptors (Lipinski definition) is 4. The summed E-state index contributed by atoms with van der Waals surface area (Å²) in [4.78, 5) is 12.6. The lowest BCUT2D eigenvalue weighted by atomic mass is 9.99. The fourth-order valence-electron chi connectivity index (χ4n) is 3.72. The SMILES string of the molecule is CC1NCCCC1NC(=O)Cc1ccc(S(=O)(=O)N2CCCCC2)cc1.Cl. The minimum Gasteiger partial charge on any atom is -0.352 e. The number of carbonyl (C=O) groups is 1. The molecule has 0 spiro atoms. The van der Waals surface area contributed by atoms with Gasteiger partial charge in [0.1, 0.15) is 0 Å². The Kier molecular flexibility index (Phi) is 8.09. The van der Waals surface area contributed by atoms with E-state index in [1.165, 1.54) is 0 Å². The molecule has 1 amide bonds. The van der Waals surface area contributed by atoms with Gasteiger partial charge in [-0.3, -0.25) is 4.79 Å². The normalized spacial score (nSPS) is 24.0. The summed E-state index contributed by atoms with van der Waals surface area (Å²) in [6.45, 7) is 4.28. The van der Waals surface area contributed by atoms with E-state index >= 15 is 0 Å². The molecule has 27 heavy (non-hydrogen) atoms.